The Morgan fingerprint density at radius 1 is 1.55 bits per heavy atom. The molecule has 7 heteroatoms. The highest BCUT2D eigenvalue weighted by atomic mass is 16.5. The number of aromatic nitrogens is 2. The number of nitrogens with one attached hydrogen (secondary N) is 1. The number of methoxy groups -OCH3 is 1. The normalized spacial score (nSPS) is 18.1. The Labute approximate surface area is 118 Å². The molecule has 0 aliphatic carbocycles. The Bertz CT molecular complexity index is 431. The second-order valence-corrected chi connectivity index (χ2v) is 4.87. The molecular weight excluding hydrogens is 258 g/mol. The molecule has 1 amide bonds. The number of nitrogens with zero attached hydrogens (tertiary/aromatic N) is 3. The van der Waals surface area contributed by atoms with Crippen LogP contribution in [-0.2, 0) is 4.74 Å². The molecule has 1 aromatic rings. The third-order valence-corrected chi connectivity index (χ3v) is 3.40. The molecule has 3 N–H and O–H groups in total. The van der Waals surface area contributed by atoms with Crippen molar-refractivity contribution in [1.29, 1.82) is 0 Å². The predicted octanol–water partition coefficient (Wildman–Crippen LogP) is -0.220. The summed E-state index contributed by atoms with van der Waals surface area (Å²) < 4.78 is 5.14. The van der Waals surface area contributed by atoms with E-state index in [1.54, 1.807) is 19.2 Å². The summed E-state index contributed by atoms with van der Waals surface area (Å²) in [7, 11) is 1.67. The highest BCUT2D eigenvalue weighted by Gasteiger charge is 2.19. The smallest absolute Gasteiger partial charge is 0.269 e. The molecule has 1 unspecified atom stereocenters. The van der Waals surface area contributed by atoms with Gasteiger partial charge in [-0.3, -0.25) is 4.79 Å². The van der Waals surface area contributed by atoms with Crippen molar-refractivity contribution in [2.45, 2.75) is 18.9 Å². The van der Waals surface area contributed by atoms with Crippen molar-refractivity contribution >= 4 is 11.7 Å². The highest BCUT2D eigenvalue weighted by molar-refractivity contribution is 5.90. The van der Waals surface area contributed by atoms with Gasteiger partial charge in [0.25, 0.3) is 5.91 Å². The summed E-state index contributed by atoms with van der Waals surface area (Å²) in [6.45, 7) is 3.27. The summed E-state index contributed by atoms with van der Waals surface area (Å²) in [5, 5.41) is 11.4. The van der Waals surface area contributed by atoms with E-state index in [1.807, 2.05) is 0 Å². The molecular formula is C13H21N5O2. The fourth-order valence-corrected chi connectivity index (χ4v) is 2.30. The molecule has 2 heterocycles. The average Bonchev–Trinajstić information content (AvgIpc) is 2.96. The van der Waals surface area contributed by atoms with E-state index >= 15 is 0 Å². The molecule has 110 valence electrons. The van der Waals surface area contributed by atoms with Gasteiger partial charge < -0.3 is 20.7 Å². The number of nitrogens with two attached hydrogens (primary N) is 1. The highest BCUT2D eigenvalue weighted by Crippen LogP contribution is 2.13. The maximum atomic E-state index is 11.0. The molecule has 0 aromatic carbocycles. The Balaban J connectivity index is 2.05. The summed E-state index contributed by atoms with van der Waals surface area (Å²) in [4.78, 5) is 13.1. The lowest BCUT2D eigenvalue weighted by molar-refractivity contribution is 0.0994. The number of carbonyl (C=O) groups is 1. The first-order chi connectivity index (χ1) is 9.70. The number of rotatable bonds is 7. The molecule has 1 atom stereocenters. The van der Waals surface area contributed by atoms with Gasteiger partial charge in [0.05, 0.1) is 6.61 Å². The molecule has 0 spiro atoms. The van der Waals surface area contributed by atoms with Gasteiger partial charge in [0, 0.05) is 26.2 Å². The Hall–Kier alpha value is -1.73. The van der Waals surface area contributed by atoms with E-state index in [2.05, 4.69) is 20.4 Å². The van der Waals surface area contributed by atoms with Crippen LogP contribution in [0.3, 0.4) is 0 Å². The van der Waals surface area contributed by atoms with Crippen LogP contribution in [0.25, 0.3) is 0 Å². The van der Waals surface area contributed by atoms with E-state index in [4.69, 9.17) is 10.5 Å². The van der Waals surface area contributed by atoms with Gasteiger partial charge in [-0.05, 0) is 31.5 Å². The molecule has 1 saturated heterocycles. The van der Waals surface area contributed by atoms with Gasteiger partial charge >= 0.3 is 0 Å². The van der Waals surface area contributed by atoms with Gasteiger partial charge in [0.1, 0.15) is 0 Å². The lowest BCUT2D eigenvalue weighted by atomic mass is 10.2. The number of hydrogen-bond acceptors (Lipinski definition) is 6. The zero-order valence-corrected chi connectivity index (χ0v) is 11.7. The minimum atomic E-state index is -0.565. The maximum absolute atomic E-state index is 11.0. The summed E-state index contributed by atoms with van der Waals surface area (Å²) in [6, 6.07) is 3.84. The maximum Gasteiger partial charge on any atom is 0.269 e. The second kappa shape index (κ2) is 7.16. The summed E-state index contributed by atoms with van der Waals surface area (Å²) in [6.07, 6.45) is 2.37. The van der Waals surface area contributed by atoms with Crippen molar-refractivity contribution in [2.75, 3.05) is 38.3 Å². The first-order valence-electron chi connectivity index (χ1n) is 6.81. The van der Waals surface area contributed by atoms with E-state index in [0.29, 0.717) is 12.6 Å². The van der Waals surface area contributed by atoms with Crippen LogP contribution in [0.15, 0.2) is 12.1 Å². The lowest BCUT2D eigenvalue weighted by Gasteiger charge is -2.26. The first kappa shape index (κ1) is 14.7. The van der Waals surface area contributed by atoms with Crippen LogP contribution in [0.4, 0.5) is 5.82 Å². The minimum Gasteiger partial charge on any atom is -0.383 e. The van der Waals surface area contributed by atoms with E-state index in [1.165, 1.54) is 6.42 Å². The Morgan fingerprint density at radius 2 is 2.40 bits per heavy atom. The van der Waals surface area contributed by atoms with Crippen molar-refractivity contribution in [3.05, 3.63) is 17.8 Å². The van der Waals surface area contributed by atoms with Gasteiger partial charge in [-0.15, -0.1) is 10.2 Å². The van der Waals surface area contributed by atoms with Gasteiger partial charge in [0.15, 0.2) is 11.5 Å². The van der Waals surface area contributed by atoms with Crippen molar-refractivity contribution in [3.63, 3.8) is 0 Å². The lowest BCUT2D eigenvalue weighted by Crippen LogP contribution is -2.39. The average molecular weight is 279 g/mol. The van der Waals surface area contributed by atoms with E-state index in [-0.39, 0.29) is 5.69 Å². The molecule has 1 aliphatic heterocycles. The minimum absolute atomic E-state index is 0.180. The first-order valence-corrected chi connectivity index (χ1v) is 6.81. The van der Waals surface area contributed by atoms with Crippen molar-refractivity contribution in [2.24, 2.45) is 5.73 Å². The van der Waals surface area contributed by atoms with E-state index < -0.39 is 5.91 Å². The molecule has 0 bridgehead atoms. The summed E-state index contributed by atoms with van der Waals surface area (Å²) >= 11 is 0. The molecule has 0 radical (unpaired) electrons. The number of ether oxygens (including phenoxy) is 1. The standard InChI is InChI=1S/C13H21N5O2/c1-20-8-7-18(9-10-3-2-6-15-10)12-5-4-11(13(14)19)16-17-12/h4-5,10,15H,2-3,6-9H2,1H3,(H2,14,19). The number of carbonyl (C=O) groups excluding carboxylic acids is 1. The van der Waals surface area contributed by atoms with Crippen LogP contribution in [0, 0.1) is 0 Å². The van der Waals surface area contributed by atoms with Crippen LogP contribution >= 0.6 is 0 Å². The molecule has 7 nitrogen and oxygen atoms in total. The van der Waals surface area contributed by atoms with Gasteiger partial charge in [-0.1, -0.05) is 0 Å². The van der Waals surface area contributed by atoms with Crippen LogP contribution < -0.4 is 16.0 Å². The summed E-state index contributed by atoms with van der Waals surface area (Å²) in [5.74, 6) is 0.172. The summed E-state index contributed by atoms with van der Waals surface area (Å²) in [5.41, 5.74) is 5.35. The fraction of sp³-hybridized carbons (Fsp3) is 0.615. The third kappa shape index (κ3) is 3.88. The van der Waals surface area contributed by atoms with Crippen molar-refractivity contribution in [1.82, 2.24) is 15.5 Å². The molecule has 20 heavy (non-hydrogen) atoms. The SMILES string of the molecule is COCCN(CC1CCCN1)c1ccc(C(N)=O)nn1. The monoisotopic (exact) mass is 279 g/mol. The van der Waals surface area contributed by atoms with Crippen LogP contribution in [0.2, 0.25) is 0 Å². The molecule has 2 rings (SSSR count). The molecule has 1 aliphatic rings. The Kier molecular flexibility index (Phi) is 5.25. The van der Waals surface area contributed by atoms with Gasteiger partial charge in [-0.25, -0.2) is 0 Å². The Morgan fingerprint density at radius 3 is 2.95 bits per heavy atom. The van der Waals surface area contributed by atoms with Crippen molar-refractivity contribution < 1.29 is 9.53 Å². The van der Waals surface area contributed by atoms with E-state index in [9.17, 15) is 4.79 Å². The molecule has 1 aromatic heterocycles. The topological polar surface area (TPSA) is 93.4 Å². The fourth-order valence-electron chi connectivity index (χ4n) is 2.30. The largest absolute Gasteiger partial charge is 0.383 e. The number of anilines is 1. The zero-order chi connectivity index (χ0) is 14.4. The van der Waals surface area contributed by atoms with Crippen LogP contribution in [0.5, 0.6) is 0 Å². The number of amides is 1. The zero-order valence-electron chi connectivity index (χ0n) is 11.7. The van der Waals surface area contributed by atoms with Crippen LogP contribution in [-0.4, -0.2) is 55.5 Å². The second-order valence-electron chi connectivity index (χ2n) is 4.87. The quantitative estimate of drug-likeness (QED) is 0.717. The predicted molar refractivity (Wildman–Crippen MR) is 75.7 cm³/mol. The van der Waals surface area contributed by atoms with E-state index in [0.717, 1.165) is 31.9 Å². The van der Waals surface area contributed by atoms with Crippen molar-refractivity contribution in [3.8, 4) is 0 Å². The third-order valence-electron chi connectivity index (χ3n) is 3.40. The number of primary amides is 1. The molecule has 1 fully saturated rings. The van der Waals surface area contributed by atoms with Crippen LogP contribution in [0.1, 0.15) is 23.3 Å². The molecule has 0 saturated carbocycles. The van der Waals surface area contributed by atoms with Gasteiger partial charge in [0.2, 0.25) is 0 Å². The van der Waals surface area contributed by atoms with Gasteiger partial charge in [-0.2, -0.15) is 0 Å². The number of hydrogen-bond donors (Lipinski definition) is 2.